The van der Waals surface area contributed by atoms with E-state index in [0.717, 1.165) is 35.7 Å². The van der Waals surface area contributed by atoms with Crippen molar-refractivity contribution >= 4 is 14.2 Å². The zero-order valence-electron chi connectivity index (χ0n) is 18.5. The van der Waals surface area contributed by atoms with Crippen molar-refractivity contribution in [1.29, 1.82) is 0 Å². The molecule has 0 saturated heterocycles. The quantitative estimate of drug-likeness (QED) is 0.256. The van der Waals surface area contributed by atoms with Crippen molar-refractivity contribution in [3.8, 4) is 0 Å². The van der Waals surface area contributed by atoms with Crippen molar-refractivity contribution in [2.75, 3.05) is 0 Å². The van der Waals surface area contributed by atoms with Crippen LogP contribution in [-0.2, 0) is 24.3 Å². The number of alkyl carbamates (subject to hydrolysis) is 1. The fourth-order valence-electron chi connectivity index (χ4n) is 3.91. The van der Waals surface area contributed by atoms with Gasteiger partial charge in [-0.1, -0.05) is 85.3 Å². The number of benzene rings is 2. The Morgan fingerprint density at radius 2 is 1.42 bits per heavy atom. The van der Waals surface area contributed by atoms with E-state index in [0.29, 0.717) is 6.54 Å². The number of carbonyl (C=O) groups is 1. The van der Waals surface area contributed by atoms with E-state index in [1.807, 2.05) is 42.5 Å². The lowest BCUT2D eigenvalue weighted by molar-refractivity contribution is 0.139. The maximum Gasteiger partial charge on any atom is 0.407 e. The van der Waals surface area contributed by atoms with Crippen molar-refractivity contribution < 1.29 is 9.53 Å². The summed E-state index contributed by atoms with van der Waals surface area (Å²) in [6.07, 6.45) is 8.04. The van der Waals surface area contributed by atoms with Gasteiger partial charge in [0.25, 0.3) is 0 Å². The summed E-state index contributed by atoms with van der Waals surface area (Å²) in [7, 11) is -1.44. The number of nitrogens with one attached hydrogen (secondary N) is 1. The first-order valence-corrected chi connectivity index (χ1v) is 13.8. The molecule has 164 valence electrons. The fourth-order valence-corrected chi connectivity index (χ4v) is 7.79. The third-order valence-corrected chi connectivity index (χ3v) is 10.5. The smallest absolute Gasteiger partial charge is 0.407 e. The van der Waals surface area contributed by atoms with Gasteiger partial charge in [-0.25, -0.2) is 4.79 Å². The number of aryl methyl sites for hydroxylation is 1. The van der Waals surface area contributed by atoms with Gasteiger partial charge in [0.1, 0.15) is 6.61 Å². The molecule has 4 heteroatoms. The third kappa shape index (κ3) is 8.81. The highest BCUT2D eigenvalue weighted by molar-refractivity contribution is 6.81. The van der Waals surface area contributed by atoms with Crippen LogP contribution in [0.2, 0.25) is 24.2 Å². The zero-order valence-corrected chi connectivity index (χ0v) is 19.5. The highest BCUT2D eigenvalue weighted by atomic mass is 28.3. The molecule has 1 N–H and O–H groups in total. The summed E-state index contributed by atoms with van der Waals surface area (Å²) < 4.78 is 5.32. The molecule has 1 amide bonds. The molecule has 0 aliphatic carbocycles. The molecule has 0 spiro atoms. The van der Waals surface area contributed by atoms with E-state index in [4.69, 9.17) is 4.74 Å². The van der Waals surface area contributed by atoms with Gasteiger partial charge in [0, 0.05) is 6.54 Å². The van der Waals surface area contributed by atoms with E-state index in [9.17, 15) is 4.79 Å². The summed E-state index contributed by atoms with van der Waals surface area (Å²) >= 11 is 0. The van der Waals surface area contributed by atoms with Crippen LogP contribution in [0.4, 0.5) is 4.79 Å². The Hall–Kier alpha value is -2.85. The maximum absolute atomic E-state index is 11.9. The summed E-state index contributed by atoms with van der Waals surface area (Å²) in [5.74, 6) is 0. The molecule has 0 aliphatic heterocycles. The van der Waals surface area contributed by atoms with Crippen LogP contribution in [0.5, 0.6) is 0 Å². The van der Waals surface area contributed by atoms with Gasteiger partial charge >= 0.3 is 6.09 Å². The van der Waals surface area contributed by atoms with Crippen LogP contribution in [0.25, 0.3) is 0 Å². The summed E-state index contributed by atoms with van der Waals surface area (Å²) in [6, 6.07) is 22.8. The second-order valence-electron chi connectivity index (χ2n) is 8.06. The number of allylic oxidation sites excluding steroid dienone is 3. The topological polar surface area (TPSA) is 38.3 Å². The molecule has 0 bridgehead atoms. The molecule has 2 aromatic rings. The molecule has 0 saturated carbocycles. The molecule has 3 nitrogen and oxygen atoms in total. The Kier molecular flexibility index (Phi) is 10.6. The number of hydrogen-bond donors (Lipinski definition) is 1. The van der Waals surface area contributed by atoms with E-state index in [2.05, 4.69) is 55.4 Å². The van der Waals surface area contributed by atoms with Crippen LogP contribution in [0.1, 0.15) is 23.1 Å². The van der Waals surface area contributed by atoms with Gasteiger partial charge in [-0.05, 0) is 41.2 Å². The minimum absolute atomic E-state index is 0.273. The molecule has 0 unspecified atom stereocenters. The average Bonchev–Trinajstić information content (AvgIpc) is 2.78. The van der Waals surface area contributed by atoms with Crippen LogP contribution in [-0.4, -0.2) is 14.2 Å². The average molecular weight is 434 g/mol. The second kappa shape index (κ2) is 13.4. The van der Waals surface area contributed by atoms with Gasteiger partial charge in [-0.2, -0.15) is 0 Å². The molecule has 0 aromatic heterocycles. The Morgan fingerprint density at radius 3 is 2.00 bits per heavy atom. The largest absolute Gasteiger partial charge is 0.445 e. The van der Waals surface area contributed by atoms with Crippen LogP contribution < -0.4 is 5.32 Å². The van der Waals surface area contributed by atoms with Crippen molar-refractivity contribution in [2.24, 2.45) is 0 Å². The van der Waals surface area contributed by atoms with Gasteiger partial charge in [-0.15, -0.1) is 19.7 Å². The molecular weight excluding hydrogens is 398 g/mol. The Labute approximate surface area is 188 Å². The van der Waals surface area contributed by atoms with E-state index in [-0.39, 0.29) is 6.61 Å². The zero-order chi connectivity index (χ0) is 22.4. The summed E-state index contributed by atoms with van der Waals surface area (Å²) in [6.45, 7) is 12.6. The Bertz CT molecular complexity index is 804. The van der Waals surface area contributed by atoms with E-state index < -0.39 is 14.2 Å². The number of amides is 1. The predicted octanol–water partition coefficient (Wildman–Crippen LogP) is 7.05. The minimum atomic E-state index is -1.44. The van der Waals surface area contributed by atoms with Crippen LogP contribution in [0.3, 0.4) is 0 Å². The van der Waals surface area contributed by atoms with Crippen molar-refractivity contribution in [3.63, 3.8) is 0 Å². The molecule has 0 atom stereocenters. The molecule has 0 radical (unpaired) electrons. The van der Waals surface area contributed by atoms with Crippen LogP contribution >= 0.6 is 0 Å². The lowest BCUT2D eigenvalue weighted by Crippen LogP contribution is -2.32. The molecule has 2 rings (SSSR count). The fraction of sp³-hybridized carbons (Fsp3) is 0.296. The minimum Gasteiger partial charge on any atom is -0.445 e. The molecule has 31 heavy (non-hydrogen) atoms. The molecule has 0 fully saturated rings. The third-order valence-electron chi connectivity index (χ3n) is 5.58. The van der Waals surface area contributed by atoms with Gasteiger partial charge in [0.2, 0.25) is 0 Å². The van der Waals surface area contributed by atoms with Crippen molar-refractivity contribution in [3.05, 3.63) is 109 Å². The predicted molar refractivity (Wildman–Crippen MR) is 134 cm³/mol. The normalized spacial score (nSPS) is 10.8. The van der Waals surface area contributed by atoms with Crippen LogP contribution in [0.15, 0.2) is 92.6 Å². The highest BCUT2D eigenvalue weighted by Crippen LogP contribution is 2.29. The monoisotopic (exact) mass is 433 g/mol. The van der Waals surface area contributed by atoms with Gasteiger partial charge in [-0.3, -0.25) is 0 Å². The summed E-state index contributed by atoms with van der Waals surface area (Å²) in [5, 5.41) is 2.78. The van der Waals surface area contributed by atoms with Crippen LogP contribution in [0, 0.1) is 0 Å². The lowest BCUT2D eigenvalue weighted by atomic mass is 10.1. The Balaban J connectivity index is 1.76. The second-order valence-corrected chi connectivity index (χ2v) is 12.8. The number of hydrogen-bond acceptors (Lipinski definition) is 2. The number of ether oxygens (including phenoxy) is 1. The van der Waals surface area contributed by atoms with Gasteiger partial charge in [0.05, 0.1) is 8.07 Å². The molecule has 0 aliphatic rings. The standard InChI is InChI=1S/C27H35NO2Si/c1-4-18-31(19-5-2,20-6-3)21-10-13-24-14-16-26(17-15-24)23-30-27(29)28-22-25-11-8-7-9-12-25/h4-9,11-12,14-17H,1-3,10,13,18-23H2,(H,28,29). The van der Waals surface area contributed by atoms with E-state index >= 15 is 0 Å². The summed E-state index contributed by atoms with van der Waals surface area (Å²) in [5.41, 5.74) is 3.36. The molecule has 2 aromatic carbocycles. The lowest BCUT2D eigenvalue weighted by Gasteiger charge is -2.28. The van der Waals surface area contributed by atoms with Gasteiger partial charge < -0.3 is 10.1 Å². The van der Waals surface area contributed by atoms with Gasteiger partial charge in [0.15, 0.2) is 0 Å². The first-order valence-electron chi connectivity index (χ1n) is 11.0. The summed E-state index contributed by atoms with van der Waals surface area (Å²) in [4.78, 5) is 11.9. The first-order chi connectivity index (χ1) is 15.1. The SMILES string of the molecule is C=CC[Si](CC=C)(CC=C)CCCc1ccc(COC(=O)NCc2ccccc2)cc1. The first kappa shape index (κ1) is 24.4. The van der Waals surface area contributed by atoms with E-state index in [1.165, 1.54) is 18.0 Å². The molecular formula is C27H35NO2Si. The number of rotatable bonds is 14. The van der Waals surface area contributed by atoms with E-state index in [1.54, 1.807) is 0 Å². The van der Waals surface area contributed by atoms with Crippen molar-refractivity contribution in [1.82, 2.24) is 5.32 Å². The number of carbonyl (C=O) groups excluding carboxylic acids is 1. The maximum atomic E-state index is 11.9. The molecule has 0 heterocycles. The highest BCUT2D eigenvalue weighted by Gasteiger charge is 2.27. The Morgan fingerprint density at radius 1 is 0.839 bits per heavy atom. The van der Waals surface area contributed by atoms with Crippen molar-refractivity contribution in [2.45, 2.75) is 50.2 Å².